The molecule has 3 rings (SSSR count). The van der Waals surface area contributed by atoms with Crippen LogP contribution in [-0.2, 0) is 4.74 Å². The van der Waals surface area contributed by atoms with Gasteiger partial charge in [0.15, 0.2) is 6.10 Å². The van der Waals surface area contributed by atoms with Gasteiger partial charge >= 0.3 is 5.97 Å². The minimum Gasteiger partial charge on any atom is -0.488 e. The normalized spacial score (nSPS) is 11.7. The molecule has 3 aromatic rings. The van der Waals surface area contributed by atoms with Crippen LogP contribution in [0.3, 0.4) is 0 Å². The Morgan fingerprint density at radius 2 is 1.12 bits per heavy atom. The number of hydrogen-bond acceptors (Lipinski definition) is 4. The number of carbonyl (C=O) groups excluding carboxylic acids is 1. The molecular weight excluding hydrogens is 424 g/mol. The molecule has 0 radical (unpaired) electrons. The Hall–Kier alpha value is -3.53. The van der Waals surface area contributed by atoms with Crippen molar-refractivity contribution in [3.8, 4) is 11.5 Å². The van der Waals surface area contributed by atoms with Crippen LogP contribution in [0.5, 0.6) is 11.5 Å². The molecule has 4 nitrogen and oxygen atoms in total. The molecule has 0 spiro atoms. The molecule has 0 unspecified atom stereocenters. The fourth-order valence-electron chi connectivity index (χ4n) is 3.39. The summed E-state index contributed by atoms with van der Waals surface area (Å²) < 4.78 is 17.9. The Bertz CT molecular complexity index is 1040. The smallest absolute Gasteiger partial charge is 0.339 e. The zero-order chi connectivity index (χ0) is 24.9. The van der Waals surface area contributed by atoms with Gasteiger partial charge in [-0.3, -0.25) is 0 Å². The molecule has 3 aromatic carbocycles. The summed E-state index contributed by atoms with van der Waals surface area (Å²) in [7, 11) is 0. The summed E-state index contributed by atoms with van der Waals surface area (Å²) >= 11 is 0. The molecule has 178 valence electrons. The maximum Gasteiger partial charge on any atom is 0.339 e. The van der Waals surface area contributed by atoms with E-state index in [2.05, 4.69) is 6.58 Å². The van der Waals surface area contributed by atoms with E-state index in [1.54, 1.807) is 18.2 Å². The standard InChI is InChI=1S/C30H34O4/c1-8-21-9-11-24(12-10-21)28(31)32-27(22-13-17-25(18-14-22)33-29(2,3)4)23-15-19-26(20-16-23)34-30(5,6)7/h8-20,27H,1H2,2-7H3. The van der Waals surface area contributed by atoms with Gasteiger partial charge in [-0.2, -0.15) is 0 Å². The Morgan fingerprint density at radius 3 is 1.47 bits per heavy atom. The summed E-state index contributed by atoms with van der Waals surface area (Å²) in [5.41, 5.74) is 2.53. The molecule has 0 amide bonds. The minimum atomic E-state index is -0.584. The van der Waals surface area contributed by atoms with Crippen molar-refractivity contribution in [1.82, 2.24) is 0 Å². The van der Waals surface area contributed by atoms with Crippen LogP contribution in [0, 0.1) is 0 Å². The molecule has 0 atom stereocenters. The van der Waals surface area contributed by atoms with Gasteiger partial charge in [0.2, 0.25) is 0 Å². The highest BCUT2D eigenvalue weighted by Crippen LogP contribution is 2.31. The van der Waals surface area contributed by atoms with Gasteiger partial charge in [-0.25, -0.2) is 4.79 Å². The van der Waals surface area contributed by atoms with Crippen molar-refractivity contribution in [2.45, 2.75) is 58.8 Å². The van der Waals surface area contributed by atoms with Crippen molar-refractivity contribution in [2.75, 3.05) is 0 Å². The number of benzene rings is 3. The van der Waals surface area contributed by atoms with Crippen molar-refractivity contribution >= 4 is 12.0 Å². The van der Waals surface area contributed by atoms with Crippen LogP contribution in [0.15, 0.2) is 79.4 Å². The third-order valence-electron chi connectivity index (χ3n) is 4.82. The van der Waals surface area contributed by atoms with Crippen molar-refractivity contribution < 1.29 is 19.0 Å². The lowest BCUT2D eigenvalue weighted by Gasteiger charge is -2.24. The number of carbonyl (C=O) groups is 1. The second-order valence-corrected chi connectivity index (χ2v) is 10.2. The van der Waals surface area contributed by atoms with Crippen LogP contribution < -0.4 is 9.47 Å². The molecule has 0 saturated heterocycles. The van der Waals surface area contributed by atoms with E-state index in [1.807, 2.05) is 102 Å². The topological polar surface area (TPSA) is 44.8 Å². The summed E-state index contributed by atoms with van der Waals surface area (Å²) in [4.78, 5) is 13.0. The van der Waals surface area contributed by atoms with Crippen molar-refractivity contribution in [2.24, 2.45) is 0 Å². The van der Waals surface area contributed by atoms with Crippen LogP contribution in [-0.4, -0.2) is 17.2 Å². The Balaban J connectivity index is 1.90. The molecule has 0 aliphatic carbocycles. The van der Waals surface area contributed by atoms with Crippen molar-refractivity contribution in [1.29, 1.82) is 0 Å². The van der Waals surface area contributed by atoms with Crippen LogP contribution >= 0.6 is 0 Å². The van der Waals surface area contributed by atoms with Gasteiger partial charge in [0, 0.05) is 0 Å². The summed E-state index contributed by atoms with van der Waals surface area (Å²) in [5.74, 6) is 1.12. The molecule has 0 fully saturated rings. The SMILES string of the molecule is C=Cc1ccc(C(=O)OC(c2ccc(OC(C)(C)C)cc2)c2ccc(OC(C)(C)C)cc2)cc1. The maximum absolute atomic E-state index is 13.0. The molecule has 0 aromatic heterocycles. The number of esters is 1. The van der Waals surface area contributed by atoms with Crippen molar-refractivity contribution in [3.63, 3.8) is 0 Å². The van der Waals surface area contributed by atoms with E-state index in [-0.39, 0.29) is 11.2 Å². The number of rotatable bonds is 7. The van der Waals surface area contributed by atoms with Gasteiger partial charge in [0.1, 0.15) is 22.7 Å². The van der Waals surface area contributed by atoms with Crippen LogP contribution in [0.2, 0.25) is 0 Å². The van der Waals surface area contributed by atoms with Crippen LogP contribution in [0.25, 0.3) is 6.08 Å². The fraction of sp³-hybridized carbons (Fsp3) is 0.300. The first-order valence-corrected chi connectivity index (χ1v) is 11.4. The maximum atomic E-state index is 13.0. The molecule has 0 heterocycles. The summed E-state index contributed by atoms with van der Waals surface area (Å²) in [6, 6.07) is 22.5. The van der Waals surface area contributed by atoms with Gasteiger partial charge in [0.05, 0.1) is 5.56 Å². The van der Waals surface area contributed by atoms with E-state index in [0.29, 0.717) is 5.56 Å². The first-order chi connectivity index (χ1) is 15.9. The van der Waals surface area contributed by atoms with Gasteiger partial charge in [-0.05, 0) is 94.6 Å². The first kappa shape index (κ1) is 25.1. The molecule has 0 aliphatic rings. The predicted molar refractivity (Wildman–Crippen MR) is 137 cm³/mol. The molecule has 0 aliphatic heterocycles. The lowest BCUT2D eigenvalue weighted by Crippen LogP contribution is -2.23. The number of ether oxygens (including phenoxy) is 3. The fourth-order valence-corrected chi connectivity index (χ4v) is 3.39. The highest BCUT2D eigenvalue weighted by atomic mass is 16.5. The van der Waals surface area contributed by atoms with E-state index in [1.165, 1.54) is 0 Å². The Kier molecular flexibility index (Phi) is 7.51. The van der Waals surface area contributed by atoms with Gasteiger partial charge in [-0.1, -0.05) is 49.1 Å². The predicted octanol–water partition coefficient (Wildman–Crippen LogP) is 7.63. The molecule has 4 heteroatoms. The Morgan fingerprint density at radius 1 is 0.706 bits per heavy atom. The van der Waals surface area contributed by atoms with Gasteiger partial charge in [-0.15, -0.1) is 0 Å². The van der Waals surface area contributed by atoms with E-state index in [9.17, 15) is 4.79 Å². The zero-order valence-corrected chi connectivity index (χ0v) is 20.9. The van der Waals surface area contributed by atoms with E-state index >= 15 is 0 Å². The average Bonchev–Trinajstić information content (AvgIpc) is 2.76. The summed E-state index contributed by atoms with van der Waals surface area (Å²) in [5, 5.41) is 0. The second kappa shape index (κ2) is 10.2. The van der Waals surface area contributed by atoms with Crippen molar-refractivity contribution in [3.05, 3.63) is 102 Å². The third-order valence-corrected chi connectivity index (χ3v) is 4.82. The molecule has 34 heavy (non-hydrogen) atoms. The zero-order valence-electron chi connectivity index (χ0n) is 20.9. The molecule has 0 saturated carbocycles. The van der Waals surface area contributed by atoms with E-state index in [4.69, 9.17) is 14.2 Å². The van der Waals surface area contributed by atoms with E-state index < -0.39 is 12.1 Å². The molecule has 0 bridgehead atoms. The second-order valence-electron chi connectivity index (χ2n) is 10.2. The summed E-state index contributed by atoms with van der Waals surface area (Å²) in [6.07, 6.45) is 1.15. The minimum absolute atomic E-state index is 0.298. The Labute approximate surface area is 203 Å². The highest BCUT2D eigenvalue weighted by molar-refractivity contribution is 5.90. The first-order valence-electron chi connectivity index (χ1n) is 11.4. The quantitative estimate of drug-likeness (QED) is 0.341. The monoisotopic (exact) mass is 458 g/mol. The van der Waals surface area contributed by atoms with Gasteiger partial charge < -0.3 is 14.2 Å². The third kappa shape index (κ3) is 7.24. The lowest BCUT2D eigenvalue weighted by atomic mass is 10.0. The average molecular weight is 459 g/mol. The molecular formula is C30H34O4. The highest BCUT2D eigenvalue weighted by Gasteiger charge is 2.22. The number of hydrogen-bond donors (Lipinski definition) is 0. The summed E-state index contributed by atoms with van der Waals surface area (Å²) in [6.45, 7) is 15.8. The van der Waals surface area contributed by atoms with Crippen LogP contribution in [0.4, 0.5) is 0 Å². The van der Waals surface area contributed by atoms with Crippen LogP contribution in [0.1, 0.15) is 74.7 Å². The van der Waals surface area contributed by atoms with Gasteiger partial charge in [0.25, 0.3) is 0 Å². The van der Waals surface area contributed by atoms with E-state index in [0.717, 1.165) is 28.2 Å². The lowest BCUT2D eigenvalue weighted by molar-refractivity contribution is 0.0378. The largest absolute Gasteiger partial charge is 0.488 e. The molecule has 0 N–H and O–H groups in total.